The van der Waals surface area contributed by atoms with E-state index in [9.17, 15) is 0 Å². The third-order valence-corrected chi connectivity index (χ3v) is 1.66. The molecule has 0 radical (unpaired) electrons. The minimum atomic E-state index is 0.0943. The standard InChI is InChI=1S/C11H13NO2/c1-8(2)14-10-5-4-9(7-12)6-11(10)13-3/h4-6,8H,1-3H3. The molecule has 1 aromatic carbocycles. The van der Waals surface area contributed by atoms with Crippen LogP contribution in [0, 0.1) is 11.3 Å². The molecule has 0 N–H and O–H groups in total. The van der Waals surface area contributed by atoms with Crippen LogP contribution >= 0.6 is 0 Å². The zero-order chi connectivity index (χ0) is 10.6. The van der Waals surface area contributed by atoms with Gasteiger partial charge >= 0.3 is 0 Å². The summed E-state index contributed by atoms with van der Waals surface area (Å²) < 4.78 is 10.6. The van der Waals surface area contributed by atoms with Crippen molar-refractivity contribution in [2.75, 3.05) is 7.11 Å². The van der Waals surface area contributed by atoms with E-state index in [0.29, 0.717) is 17.1 Å². The highest BCUT2D eigenvalue weighted by Crippen LogP contribution is 2.28. The van der Waals surface area contributed by atoms with E-state index in [2.05, 4.69) is 0 Å². The summed E-state index contributed by atoms with van der Waals surface area (Å²) in [5, 5.41) is 8.68. The molecule has 1 rings (SSSR count). The van der Waals surface area contributed by atoms with Gasteiger partial charge in [-0.2, -0.15) is 5.26 Å². The van der Waals surface area contributed by atoms with Crippen LogP contribution in [0.15, 0.2) is 18.2 Å². The molecular weight excluding hydrogens is 178 g/mol. The predicted molar refractivity (Wildman–Crippen MR) is 53.5 cm³/mol. The van der Waals surface area contributed by atoms with Crippen molar-refractivity contribution < 1.29 is 9.47 Å². The number of nitriles is 1. The Bertz CT molecular complexity index is 353. The Hall–Kier alpha value is -1.69. The third kappa shape index (κ3) is 2.40. The van der Waals surface area contributed by atoms with Crippen LogP contribution in [0.5, 0.6) is 11.5 Å². The van der Waals surface area contributed by atoms with Crippen molar-refractivity contribution in [3.63, 3.8) is 0 Å². The number of hydrogen-bond donors (Lipinski definition) is 0. The topological polar surface area (TPSA) is 42.2 Å². The molecule has 0 fully saturated rings. The summed E-state index contributed by atoms with van der Waals surface area (Å²) in [5.74, 6) is 1.26. The summed E-state index contributed by atoms with van der Waals surface area (Å²) in [6.07, 6.45) is 0.0943. The van der Waals surface area contributed by atoms with Crippen LogP contribution in [0.2, 0.25) is 0 Å². The van der Waals surface area contributed by atoms with Crippen molar-refractivity contribution in [1.82, 2.24) is 0 Å². The van der Waals surface area contributed by atoms with Gasteiger partial charge in [0.15, 0.2) is 11.5 Å². The Morgan fingerprint density at radius 2 is 2.00 bits per heavy atom. The van der Waals surface area contributed by atoms with Gasteiger partial charge in [-0.05, 0) is 26.0 Å². The molecule has 0 saturated carbocycles. The van der Waals surface area contributed by atoms with E-state index in [0.717, 1.165) is 0 Å². The maximum absolute atomic E-state index is 8.68. The first-order chi connectivity index (χ1) is 6.67. The van der Waals surface area contributed by atoms with Gasteiger partial charge in [0.2, 0.25) is 0 Å². The Balaban J connectivity index is 3.00. The SMILES string of the molecule is COc1cc(C#N)ccc1OC(C)C. The molecule has 74 valence electrons. The van der Waals surface area contributed by atoms with Gasteiger partial charge in [0, 0.05) is 6.07 Å². The predicted octanol–water partition coefficient (Wildman–Crippen LogP) is 2.35. The van der Waals surface area contributed by atoms with Crippen molar-refractivity contribution in [3.05, 3.63) is 23.8 Å². The van der Waals surface area contributed by atoms with Crippen molar-refractivity contribution in [3.8, 4) is 17.6 Å². The lowest BCUT2D eigenvalue weighted by molar-refractivity contribution is 0.230. The van der Waals surface area contributed by atoms with Crippen LogP contribution < -0.4 is 9.47 Å². The molecule has 0 aliphatic heterocycles. The third-order valence-electron chi connectivity index (χ3n) is 1.66. The molecule has 1 aromatic rings. The first kappa shape index (κ1) is 10.4. The zero-order valence-electron chi connectivity index (χ0n) is 8.57. The molecule has 0 unspecified atom stereocenters. The second kappa shape index (κ2) is 4.52. The van der Waals surface area contributed by atoms with Gasteiger partial charge < -0.3 is 9.47 Å². The highest BCUT2D eigenvalue weighted by molar-refractivity contribution is 5.46. The Morgan fingerprint density at radius 1 is 1.29 bits per heavy atom. The molecule has 0 aliphatic rings. The van der Waals surface area contributed by atoms with Gasteiger partial charge in [0.05, 0.1) is 24.8 Å². The Labute approximate surface area is 83.9 Å². The number of methoxy groups -OCH3 is 1. The molecular formula is C11H13NO2. The van der Waals surface area contributed by atoms with Crippen molar-refractivity contribution >= 4 is 0 Å². The van der Waals surface area contributed by atoms with E-state index in [1.54, 1.807) is 25.3 Å². The molecule has 3 heteroatoms. The number of hydrogen-bond acceptors (Lipinski definition) is 3. The lowest BCUT2D eigenvalue weighted by atomic mass is 10.2. The average Bonchev–Trinajstić information content (AvgIpc) is 2.17. The minimum absolute atomic E-state index is 0.0943. The maximum Gasteiger partial charge on any atom is 0.162 e. The maximum atomic E-state index is 8.68. The Kier molecular flexibility index (Phi) is 3.35. The van der Waals surface area contributed by atoms with E-state index < -0.39 is 0 Å². The molecule has 14 heavy (non-hydrogen) atoms. The lowest BCUT2D eigenvalue weighted by Gasteiger charge is -2.13. The van der Waals surface area contributed by atoms with Crippen LogP contribution in [0.25, 0.3) is 0 Å². The molecule has 0 atom stereocenters. The molecule has 0 aliphatic carbocycles. The van der Waals surface area contributed by atoms with E-state index in [4.69, 9.17) is 14.7 Å². The normalized spacial score (nSPS) is 9.64. The summed E-state index contributed by atoms with van der Waals surface area (Å²) in [5.41, 5.74) is 0.568. The summed E-state index contributed by atoms with van der Waals surface area (Å²) in [6.45, 7) is 3.88. The second-order valence-corrected chi connectivity index (χ2v) is 3.14. The van der Waals surface area contributed by atoms with Crippen LogP contribution in [-0.4, -0.2) is 13.2 Å². The fourth-order valence-corrected chi connectivity index (χ4v) is 1.09. The quantitative estimate of drug-likeness (QED) is 0.736. The summed E-state index contributed by atoms with van der Waals surface area (Å²) in [6, 6.07) is 7.17. The van der Waals surface area contributed by atoms with Gasteiger partial charge in [0.25, 0.3) is 0 Å². The van der Waals surface area contributed by atoms with Crippen molar-refractivity contribution in [2.45, 2.75) is 20.0 Å². The smallest absolute Gasteiger partial charge is 0.162 e. The average molecular weight is 191 g/mol. The van der Waals surface area contributed by atoms with Crippen LogP contribution in [0.3, 0.4) is 0 Å². The molecule has 0 saturated heterocycles. The van der Waals surface area contributed by atoms with Gasteiger partial charge in [-0.3, -0.25) is 0 Å². The van der Waals surface area contributed by atoms with Crippen LogP contribution in [0.1, 0.15) is 19.4 Å². The largest absolute Gasteiger partial charge is 0.493 e. The summed E-state index contributed by atoms with van der Waals surface area (Å²) in [7, 11) is 1.56. The monoisotopic (exact) mass is 191 g/mol. The van der Waals surface area contributed by atoms with Gasteiger partial charge in [-0.1, -0.05) is 0 Å². The number of benzene rings is 1. The van der Waals surface area contributed by atoms with Crippen LogP contribution in [-0.2, 0) is 0 Å². The molecule has 0 amide bonds. The second-order valence-electron chi connectivity index (χ2n) is 3.14. The highest BCUT2D eigenvalue weighted by Gasteiger charge is 2.06. The molecule has 0 bridgehead atoms. The van der Waals surface area contributed by atoms with Gasteiger partial charge in [-0.15, -0.1) is 0 Å². The van der Waals surface area contributed by atoms with E-state index in [1.165, 1.54) is 0 Å². The number of ether oxygens (including phenoxy) is 2. The fraction of sp³-hybridized carbons (Fsp3) is 0.364. The molecule has 3 nitrogen and oxygen atoms in total. The number of rotatable bonds is 3. The minimum Gasteiger partial charge on any atom is -0.493 e. The van der Waals surface area contributed by atoms with Gasteiger partial charge in [0.1, 0.15) is 0 Å². The molecule has 0 aromatic heterocycles. The summed E-state index contributed by atoms with van der Waals surface area (Å²) in [4.78, 5) is 0. The van der Waals surface area contributed by atoms with Crippen molar-refractivity contribution in [2.24, 2.45) is 0 Å². The lowest BCUT2D eigenvalue weighted by Crippen LogP contribution is -2.06. The fourth-order valence-electron chi connectivity index (χ4n) is 1.09. The van der Waals surface area contributed by atoms with Gasteiger partial charge in [-0.25, -0.2) is 0 Å². The molecule has 0 spiro atoms. The van der Waals surface area contributed by atoms with E-state index in [-0.39, 0.29) is 6.10 Å². The first-order valence-electron chi connectivity index (χ1n) is 4.42. The number of nitrogens with zero attached hydrogens (tertiary/aromatic N) is 1. The Morgan fingerprint density at radius 3 is 2.50 bits per heavy atom. The van der Waals surface area contributed by atoms with E-state index >= 15 is 0 Å². The zero-order valence-corrected chi connectivity index (χ0v) is 8.57. The van der Waals surface area contributed by atoms with Crippen LogP contribution in [0.4, 0.5) is 0 Å². The van der Waals surface area contributed by atoms with Crippen molar-refractivity contribution in [1.29, 1.82) is 5.26 Å². The van der Waals surface area contributed by atoms with E-state index in [1.807, 2.05) is 19.9 Å². The molecule has 0 heterocycles. The highest BCUT2D eigenvalue weighted by atomic mass is 16.5. The first-order valence-corrected chi connectivity index (χ1v) is 4.42. The summed E-state index contributed by atoms with van der Waals surface area (Å²) >= 11 is 0.